The van der Waals surface area contributed by atoms with Crippen molar-refractivity contribution in [3.05, 3.63) is 53.3 Å². The lowest BCUT2D eigenvalue weighted by Gasteiger charge is -2.24. The molecule has 23 heavy (non-hydrogen) atoms. The highest BCUT2D eigenvalue weighted by atomic mass is 16.3. The van der Waals surface area contributed by atoms with Gasteiger partial charge in [-0.1, -0.05) is 58.0 Å². The maximum atomic E-state index is 9.38. The maximum absolute atomic E-state index is 9.38. The molecule has 1 aromatic carbocycles. The minimum Gasteiger partial charge on any atom is -0.396 e. The molecule has 0 aliphatic heterocycles. The molecule has 1 unspecified atom stereocenters. The minimum atomic E-state index is 0.0530. The monoisotopic (exact) mass is 315 g/mol. The summed E-state index contributed by atoms with van der Waals surface area (Å²) < 4.78 is 0. The fourth-order valence-corrected chi connectivity index (χ4v) is 2.59. The van der Waals surface area contributed by atoms with E-state index in [1.54, 1.807) is 0 Å². The Kier molecular flexibility index (Phi) is 5.97. The predicted octanol–water partition coefficient (Wildman–Crippen LogP) is 3.34. The van der Waals surface area contributed by atoms with Crippen LogP contribution in [0.2, 0.25) is 0 Å². The van der Waals surface area contributed by atoms with Gasteiger partial charge in [0.1, 0.15) is 0 Å². The first-order valence-corrected chi connectivity index (χ1v) is 8.30. The Morgan fingerprint density at radius 1 is 1.17 bits per heavy atom. The van der Waals surface area contributed by atoms with E-state index in [9.17, 15) is 5.11 Å². The van der Waals surface area contributed by atoms with Crippen molar-refractivity contribution in [2.75, 3.05) is 13.2 Å². The van der Waals surface area contributed by atoms with E-state index in [0.29, 0.717) is 0 Å². The van der Waals surface area contributed by atoms with Crippen LogP contribution in [0.5, 0.6) is 0 Å². The van der Waals surface area contributed by atoms with Crippen molar-refractivity contribution in [1.82, 2.24) is 15.1 Å². The van der Waals surface area contributed by atoms with E-state index in [2.05, 4.69) is 73.1 Å². The summed E-state index contributed by atoms with van der Waals surface area (Å²) in [5, 5.41) is 17.0. The molecule has 0 saturated heterocycles. The van der Waals surface area contributed by atoms with Crippen molar-refractivity contribution in [2.24, 2.45) is 5.92 Å². The predicted molar refractivity (Wildman–Crippen MR) is 94.1 cm³/mol. The van der Waals surface area contributed by atoms with Crippen molar-refractivity contribution in [3.63, 3.8) is 0 Å². The summed E-state index contributed by atoms with van der Waals surface area (Å²) in [6, 6.07) is 12.6. The molecule has 0 aliphatic rings. The number of benzene rings is 1. The minimum absolute atomic E-state index is 0.0530. The van der Waals surface area contributed by atoms with Gasteiger partial charge in [0, 0.05) is 37.4 Å². The number of aromatic amines is 1. The molecular weight excluding hydrogens is 286 g/mol. The zero-order valence-corrected chi connectivity index (χ0v) is 14.7. The van der Waals surface area contributed by atoms with Crippen molar-refractivity contribution >= 4 is 0 Å². The smallest absolute Gasteiger partial charge is 0.0678 e. The van der Waals surface area contributed by atoms with Gasteiger partial charge in [-0.25, -0.2) is 0 Å². The number of aromatic nitrogens is 2. The second kappa shape index (κ2) is 7.75. The first-order chi connectivity index (χ1) is 10.9. The molecule has 0 fully saturated rings. The highest BCUT2D eigenvalue weighted by Crippen LogP contribution is 2.21. The second-order valence-electron chi connectivity index (χ2n) is 7.47. The molecule has 2 rings (SSSR count). The van der Waals surface area contributed by atoms with E-state index in [0.717, 1.165) is 31.0 Å². The third kappa shape index (κ3) is 5.48. The lowest BCUT2D eigenvalue weighted by molar-refractivity contribution is 0.162. The molecule has 2 N–H and O–H groups in total. The van der Waals surface area contributed by atoms with Crippen LogP contribution in [0.3, 0.4) is 0 Å². The number of nitrogens with one attached hydrogen (secondary N) is 1. The summed E-state index contributed by atoms with van der Waals surface area (Å²) in [4.78, 5) is 2.36. The molecule has 0 bridgehead atoms. The highest BCUT2D eigenvalue weighted by molar-refractivity contribution is 5.17. The average molecular weight is 315 g/mol. The van der Waals surface area contributed by atoms with E-state index in [4.69, 9.17) is 0 Å². The van der Waals surface area contributed by atoms with Crippen molar-refractivity contribution < 1.29 is 5.11 Å². The van der Waals surface area contributed by atoms with E-state index in [1.807, 2.05) is 6.07 Å². The van der Waals surface area contributed by atoms with Crippen molar-refractivity contribution in [3.8, 4) is 0 Å². The van der Waals surface area contributed by atoms with Gasteiger partial charge < -0.3 is 5.11 Å². The molecule has 0 spiro atoms. The van der Waals surface area contributed by atoms with Crippen LogP contribution >= 0.6 is 0 Å². The lowest BCUT2D eigenvalue weighted by atomic mass is 9.92. The summed E-state index contributed by atoms with van der Waals surface area (Å²) in [7, 11) is 0. The Labute approximate surface area is 139 Å². The third-order valence-electron chi connectivity index (χ3n) is 3.92. The SMILES string of the molecule is CC(CO)CN(Cc1ccccc1)Cc1cc(C(C)(C)C)n[nH]1. The van der Waals surface area contributed by atoms with Crippen LogP contribution in [0.15, 0.2) is 36.4 Å². The largest absolute Gasteiger partial charge is 0.396 e. The van der Waals surface area contributed by atoms with Crippen LogP contribution in [-0.4, -0.2) is 33.4 Å². The van der Waals surface area contributed by atoms with Crippen LogP contribution in [0.25, 0.3) is 0 Å². The zero-order chi connectivity index (χ0) is 16.9. The van der Waals surface area contributed by atoms with E-state index in [1.165, 1.54) is 5.56 Å². The molecule has 126 valence electrons. The number of H-pyrrole nitrogens is 1. The average Bonchev–Trinajstić information content (AvgIpc) is 2.96. The Balaban J connectivity index is 2.09. The molecule has 0 saturated carbocycles. The number of rotatable bonds is 7. The van der Waals surface area contributed by atoms with Crippen molar-refractivity contribution in [1.29, 1.82) is 0 Å². The molecule has 4 nitrogen and oxygen atoms in total. The van der Waals surface area contributed by atoms with Crippen LogP contribution < -0.4 is 0 Å². The Bertz CT molecular complexity index is 586. The number of hydrogen-bond acceptors (Lipinski definition) is 3. The fourth-order valence-electron chi connectivity index (χ4n) is 2.59. The van der Waals surface area contributed by atoms with E-state index >= 15 is 0 Å². The van der Waals surface area contributed by atoms with Gasteiger partial charge in [0.2, 0.25) is 0 Å². The summed E-state index contributed by atoms with van der Waals surface area (Å²) in [6.07, 6.45) is 0. The van der Waals surface area contributed by atoms with Gasteiger partial charge in [0.25, 0.3) is 0 Å². The molecule has 1 aromatic heterocycles. The summed E-state index contributed by atoms with van der Waals surface area (Å²) >= 11 is 0. The normalized spacial score (nSPS) is 13.5. The van der Waals surface area contributed by atoms with Gasteiger partial charge in [0.15, 0.2) is 0 Å². The molecule has 0 amide bonds. The maximum Gasteiger partial charge on any atom is 0.0678 e. The zero-order valence-electron chi connectivity index (χ0n) is 14.7. The standard InChI is InChI=1S/C19H29N3O/c1-15(14-23)11-22(12-16-8-6-5-7-9-16)13-17-10-18(21-20-17)19(2,3)4/h5-10,15,23H,11-14H2,1-4H3,(H,20,21). The van der Waals surface area contributed by atoms with Crippen LogP contribution in [0.4, 0.5) is 0 Å². The number of hydrogen-bond donors (Lipinski definition) is 2. The molecule has 1 atom stereocenters. The van der Waals surface area contributed by atoms with Gasteiger partial charge in [-0.05, 0) is 17.5 Å². The Hall–Kier alpha value is -1.65. The van der Waals surface area contributed by atoms with Gasteiger partial charge in [0.05, 0.1) is 5.69 Å². The van der Waals surface area contributed by atoms with Gasteiger partial charge in [-0.3, -0.25) is 10.00 Å². The third-order valence-corrected chi connectivity index (χ3v) is 3.92. The fraction of sp³-hybridized carbons (Fsp3) is 0.526. The number of aliphatic hydroxyl groups is 1. The first-order valence-electron chi connectivity index (χ1n) is 8.30. The van der Waals surface area contributed by atoms with Gasteiger partial charge in [-0.2, -0.15) is 5.10 Å². The molecule has 0 radical (unpaired) electrons. The molecule has 1 heterocycles. The quantitative estimate of drug-likeness (QED) is 0.824. The summed E-state index contributed by atoms with van der Waals surface area (Å²) in [5.74, 6) is 0.253. The second-order valence-corrected chi connectivity index (χ2v) is 7.47. The Morgan fingerprint density at radius 3 is 2.43 bits per heavy atom. The van der Waals surface area contributed by atoms with Crippen molar-refractivity contribution in [2.45, 2.75) is 46.2 Å². The van der Waals surface area contributed by atoms with Crippen LogP contribution in [-0.2, 0) is 18.5 Å². The van der Waals surface area contributed by atoms with Crippen LogP contribution in [0.1, 0.15) is 44.6 Å². The number of nitrogens with zero attached hydrogens (tertiary/aromatic N) is 2. The van der Waals surface area contributed by atoms with E-state index in [-0.39, 0.29) is 17.9 Å². The molecule has 0 aliphatic carbocycles. The van der Waals surface area contributed by atoms with E-state index < -0.39 is 0 Å². The highest BCUT2D eigenvalue weighted by Gasteiger charge is 2.19. The Morgan fingerprint density at radius 2 is 1.87 bits per heavy atom. The molecule has 2 aromatic rings. The summed E-state index contributed by atoms with van der Waals surface area (Å²) in [6.45, 7) is 11.3. The van der Waals surface area contributed by atoms with Gasteiger partial charge in [-0.15, -0.1) is 0 Å². The topological polar surface area (TPSA) is 52.1 Å². The summed E-state index contributed by atoms with van der Waals surface area (Å²) in [5.41, 5.74) is 3.55. The molecule has 4 heteroatoms. The van der Waals surface area contributed by atoms with Gasteiger partial charge >= 0.3 is 0 Å². The lowest BCUT2D eigenvalue weighted by Crippen LogP contribution is -2.29. The number of aliphatic hydroxyl groups excluding tert-OH is 1. The molecular formula is C19H29N3O. The first kappa shape index (κ1) is 17.7. The van der Waals surface area contributed by atoms with Crippen LogP contribution in [0, 0.1) is 5.92 Å².